The van der Waals surface area contributed by atoms with Crippen LogP contribution in [-0.4, -0.2) is 45.3 Å². The predicted octanol–water partition coefficient (Wildman–Crippen LogP) is 3.26. The SMILES string of the molecule is CCNC(=NCc1nnc2n1CCC2)N1CCC(Cc2ccccc2)CC1.I. The van der Waals surface area contributed by atoms with Gasteiger partial charge < -0.3 is 14.8 Å². The molecule has 0 amide bonds. The molecule has 2 aliphatic rings. The molecule has 0 unspecified atom stereocenters. The van der Waals surface area contributed by atoms with Crippen LogP contribution in [0.25, 0.3) is 0 Å². The third kappa shape index (κ3) is 5.04. The highest BCUT2D eigenvalue weighted by Crippen LogP contribution is 2.22. The predicted molar refractivity (Wildman–Crippen MR) is 123 cm³/mol. The molecule has 152 valence electrons. The molecule has 0 aliphatic carbocycles. The molecule has 1 N–H and O–H groups in total. The van der Waals surface area contributed by atoms with Gasteiger partial charge in [0.15, 0.2) is 11.8 Å². The van der Waals surface area contributed by atoms with Gasteiger partial charge in [-0.05, 0) is 44.1 Å². The maximum atomic E-state index is 4.87. The molecule has 0 saturated carbocycles. The summed E-state index contributed by atoms with van der Waals surface area (Å²) in [5, 5.41) is 12.1. The van der Waals surface area contributed by atoms with Crippen LogP contribution in [0.15, 0.2) is 35.3 Å². The Morgan fingerprint density at radius 3 is 2.68 bits per heavy atom. The third-order valence-corrected chi connectivity index (χ3v) is 5.67. The van der Waals surface area contributed by atoms with Gasteiger partial charge in [-0.15, -0.1) is 34.2 Å². The topological polar surface area (TPSA) is 58.3 Å². The van der Waals surface area contributed by atoms with E-state index in [4.69, 9.17) is 4.99 Å². The van der Waals surface area contributed by atoms with Crippen molar-refractivity contribution in [3.63, 3.8) is 0 Å². The lowest BCUT2D eigenvalue weighted by atomic mass is 9.90. The van der Waals surface area contributed by atoms with Gasteiger partial charge in [0.2, 0.25) is 0 Å². The molecule has 1 aromatic carbocycles. The first kappa shape index (κ1) is 21.1. The van der Waals surface area contributed by atoms with Crippen LogP contribution in [0.5, 0.6) is 0 Å². The van der Waals surface area contributed by atoms with E-state index in [2.05, 4.69) is 62.2 Å². The number of likely N-dealkylation sites (tertiary alicyclic amines) is 1. The fourth-order valence-corrected chi connectivity index (χ4v) is 4.20. The summed E-state index contributed by atoms with van der Waals surface area (Å²) in [7, 11) is 0. The number of nitrogens with zero attached hydrogens (tertiary/aromatic N) is 5. The van der Waals surface area contributed by atoms with Crippen molar-refractivity contribution in [1.82, 2.24) is 25.0 Å². The highest BCUT2D eigenvalue weighted by atomic mass is 127. The van der Waals surface area contributed by atoms with Crippen molar-refractivity contribution >= 4 is 29.9 Å². The number of aryl methyl sites for hydroxylation is 1. The van der Waals surface area contributed by atoms with Crippen LogP contribution in [0, 0.1) is 5.92 Å². The molecule has 0 bridgehead atoms. The Bertz CT molecular complexity index is 764. The number of nitrogens with one attached hydrogen (secondary N) is 1. The minimum absolute atomic E-state index is 0. The molecule has 28 heavy (non-hydrogen) atoms. The maximum Gasteiger partial charge on any atom is 0.194 e. The van der Waals surface area contributed by atoms with Gasteiger partial charge in [-0.25, -0.2) is 4.99 Å². The highest BCUT2D eigenvalue weighted by Gasteiger charge is 2.22. The van der Waals surface area contributed by atoms with Crippen molar-refractivity contribution in [2.24, 2.45) is 10.9 Å². The molecule has 4 rings (SSSR count). The average molecular weight is 494 g/mol. The number of rotatable bonds is 5. The van der Waals surface area contributed by atoms with Crippen molar-refractivity contribution in [2.75, 3.05) is 19.6 Å². The Balaban J connectivity index is 0.00000225. The summed E-state index contributed by atoms with van der Waals surface area (Å²) < 4.78 is 2.24. The number of guanidine groups is 1. The van der Waals surface area contributed by atoms with Crippen molar-refractivity contribution < 1.29 is 0 Å². The van der Waals surface area contributed by atoms with E-state index in [-0.39, 0.29) is 24.0 Å². The van der Waals surface area contributed by atoms with E-state index in [0.29, 0.717) is 6.54 Å². The van der Waals surface area contributed by atoms with E-state index in [1.165, 1.54) is 31.2 Å². The molecule has 0 atom stereocenters. The summed E-state index contributed by atoms with van der Waals surface area (Å²) in [6.07, 6.45) is 5.86. The fourth-order valence-electron chi connectivity index (χ4n) is 4.20. The van der Waals surface area contributed by atoms with Gasteiger partial charge in [0.25, 0.3) is 0 Å². The van der Waals surface area contributed by atoms with Crippen molar-refractivity contribution in [3.05, 3.63) is 47.5 Å². The lowest BCUT2D eigenvalue weighted by molar-refractivity contribution is 0.259. The van der Waals surface area contributed by atoms with Crippen LogP contribution in [0.1, 0.15) is 43.4 Å². The largest absolute Gasteiger partial charge is 0.357 e. The lowest BCUT2D eigenvalue weighted by Gasteiger charge is -2.34. The number of benzene rings is 1. The minimum atomic E-state index is 0. The zero-order chi connectivity index (χ0) is 18.5. The molecule has 3 heterocycles. The molecule has 7 heteroatoms. The van der Waals surface area contributed by atoms with Crippen LogP contribution >= 0.6 is 24.0 Å². The van der Waals surface area contributed by atoms with E-state index in [9.17, 15) is 0 Å². The molecule has 1 fully saturated rings. The van der Waals surface area contributed by atoms with Gasteiger partial charge in [0, 0.05) is 32.6 Å². The van der Waals surface area contributed by atoms with Gasteiger partial charge in [0.1, 0.15) is 12.4 Å². The number of halogens is 1. The second-order valence-corrected chi connectivity index (χ2v) is 7.58. The summed E-state index contributed by atoms with van der Waals surface area (Å²) in [4.78, 5) is 7.28. The van der Waals surface area contributed by atoms with Gasteiger partial charge in [-0.1, -0.05) is 30.3 Å². The van der Waals surface area contributed by atoms with E-state index in [1.54, 1.807) is 0 Å². The standard InChI is InChI=1S/C21H30N6.HI/c1-2-22-21(23-16-20-25-24-19-9-6-12-27(19)20)26-13-10-18(11-14-26)15-17-7-4-3-5-8-17;/h3-5,7-8,18H,2,6,9-16H2,1H3,(H,22,23);1H. The normalized spacial score (nSPS) is 17.3. The second kappa shape index (κ2) is 10.2. The summed E-state index contributed by atoms with van der Waals surface area (Å²) >= 11 is 0. The van der Waals surface area contributed by atoms with Crippen molar-refractivity contribution in [3.8, 4) is 0 Å². The molecule has 1 aromatic heterocycles. The Morgan fingerprint density at radius 2 is 1.93 bits per heavy atom. The number of piperidine rings is 1. The molecule has 2 aromatic rings. The van der Waals surface area contributed by atoms with Crippen LogP contribution in [-0.2, 0) is 25.9 Å². The first-order valence-corrected chi connectivity index (χ1v) is 10.3. The zero-order valence-electron chi connectivity index (χ0n) is 16.7. The Hall–Kier alpha value is -1.64. The smallest absolute Gasteiger partial charge is 0.194 e. The number of aromatic nitrogens is 3. The molecule has 6 nitrogen and oxygen atoms in total. The summed E-state index contributed by atoms with van der Waals surface area (Å²) in [5.41, 5.74) is 1.46. The molecule has 0 radical (unpaired) electrons. The number of hydrogen-bond acceptors (Lipinski definition) is 3. The zero-order valence-corrected chi connectivity index (χ0v) is 19.0. The quantitative estimate of drug-likeness (QED) is 0.394. The van der Waals surface area contributed by atoms with E-state index >= 15 is 0 Å². The van der Waals surface area contributed by atoms with E-state index in [0.717, 1.165) is 56.1 Å². The summed E-state index contributed by atoms with van der Waals surface area (Å²) in [6.45, 7) is 6.81. The minimum Gasteiger partial charge on any atom is -0.357 e. The molecular weight excluding hydrogens is 463 g/mol. The van der Waals surface area contributed by atoms with Crippen molar-refractivity contribution in [1.29, 1.82) is 0 Å². The molecule has 2 aliphatic heterocycles. The van der Waals surface area contributed by atoms with Gasteiger partial charge in [0.05, 0.1) is 0 Å². The Kier molecular flexibility index (Phi) is 7.70. The first-order chi connectivity index (χ1) is 13.3. The van der Waals surface area contributed by atoms with Crippen LogP contribution in [0.4, 0.5) is 0 Å². The monoisotopic (exact) mass is 494 g/mol. The molecule has 0 spiro atoms. The lowest BCUT2D eigenvalue weighted by Crippen LogP contribution is -2.45. The van der Waals surface area contributed by atoms with Gasteiger partial charge in [-0.2, -0.15) is 0 Å². The third-order valence-electron chi connectivity index (χ3n) is 5.67. The second-order valence-electron chi connectivity index (χ2n) is 7.58. The van der Waals surface area contributed by atoms with Gasteiger partial charge >= 0.3 is 0 Å². The highest BCUT2D eigenvalue weighted by molar-refractivity contribution is 14.0. The summed E-state index contributed by atoms with van der Waals surface area (Å²) in [6, 6.07) is 10.9. The van der Waals surface area contributed by atoms with Crippen LogP contribution in [0.2, 0.25) is 0 Å². The summed E-state index contributed by atoms with van der Waals surface area (Å²) in [5.74, 6) is 3.90. The molecular formula is C21H31IN6. The van der Waals surface area contributed by atoms with E-state index in [1.807, 2.05) is 0 Å². The number of aliphatic imine (C=N–C) groups is 1. The maximum absolute atomic E-state index is 4.87. The van der Waals surface area contributed by atoms with Gasteiger partial charge in [-0.3, -0.25) is 0 Å². The number of fused-ring (bicyclic) bond motifs is 1. The van der Waals surface area contributed by atoms with Crippen LogP contribution < -0.4 is 5.32 Å². The molecule has 1 saturated heterocycles. The number of hydrogen-bond donors (Lipinski definition) is 1. The Labute approximate surface area is 184 Å². The van der Waals surface area contributed by atoms with Crippen molar-refractivity contribution in [2.45, 2.75) is 52.1 Å². The van der Waals surface area contributed by atoms with E-state index < -0.39 is 0 Å². The average Bonchev–Trinajstić information content (AvgIpc) is 3.31. The van der Waals surface area contributed by atoms with Crippen LogP contribution in [0.3, 0.4) is 0 Å². The Morgan fingerprint density at radius 1 is 1.14 bits per heavy atom. The first-order valence-electron chi connectivity index (χ1n) is 10.3. The fraction of sp³-hybridized carbons (Fsp3) is 0.571.